The highest BCUT2D eigenvalue weighted by Gasteiger charge is 2.71. The van der Waals surface area contributed by atoms with E-state index in [1.807, 2.05) is 0 Å². The monoisotopic (exact) mass is 396 g/mol. The highest BCUT2D eigenvalue weighted by molar-refractivity contribution is 6.51. The molecule has 0 aromatic heterocycles. The van der Waals surface area contributed by atoms with Crippen molar-refractivity contribution in [3.8, 4) is 0 Å². The number of hydrogen-bond donors (Lipinski definition) is 0. The molecule has 0 unspecified atom stereocenters. The quantitative estimate of drug-likeness (QED) is 0.312. The van der Waals surface area contributed by atoms with Gasteiger partial charge in [0.1, 0.15) is 10.4 Å². The van der Waals surface area contributed by atoms with Crippen LogP contribution in [0.4, 0.5) is 0 Å². The Labute approximate surface area is 167 Å². The number of esters is 1. The van der Waals surface area contributed by atoms with Gasteiger partial charge in [-0.25, -0.2) is 0 Å². The number of allylic oxidation sites excluding steroid dienone is 2. The van der Waals surface area contributed by atoms with Crippen molar-refractivity contribution >= 4 is 29.2 Å². The van der Waals surface area contributed by atoms with Crippen molar-refractivity contribution in [3.05, 3.63) is 11.6 Å². The van der Waals surface area contributed by atoms with E-state index < -0.39 is 4.33 Å². The minimum absolute atomic E-state index is 0.113. The van der Waals surface area contributed by atoms with E-state index in [1.165, 1.54) is 32.1 Å². The average molecular weight is 397 g/mol. The SMILES string of the molecule is CC(=O)O[C@@H]1CC[C@H]2[C@@H]3CC=C4[C@@H]5[C@H](CC[C@]4(C)[C@H]3CC[C@]12C)C5(Cl)Cl. The van der Waals surface area contributed by atoms with E-state index in [0.717, 1.165) is 24.7 Å². The highest BCUT2D eigenvalue weighted by Crippen LogP contribution is 2.75. The predicted octanol–water partition coefficient (Wildman–Crippen LogP) is 5.91. The van der Waals surface area contributed by atoms with Crippen LogP contribution >= 0.6 is 23.2 Å². The van der Waals surface area contributed by atoms with Crippen molar-refractivity contribution in [1.29, 1.82) is 0 Å². The van der Waals surface area contributed by atoms with E-state index in [2.05, 4.69) is 19.9 Å². The van der Waals surface area contributed by atoms with Crippen LogP contribution in [0.3, 0.4) is 0 Å². The summed E-state index contributed by atoms with van der Waals surface area (Å²) >= 11 is 13.3. The number of hydrogen-bond acceptors (Lipinski definition) is 2. The molecule has 144 valence electrons. The van der Waals surface area contributed by atoms with Gasteiger partial charge in [0.2, 0.25) is 0 Å². The Morgan fingerprint density at radius 2 is 1.81 bits per heavy atom. The first kappa shape index (κ1) is 17.9. The lowest BCUT2D eigenvalue weighted by atomic mass is 9.48. The van der Waals surface area contributed by atoms with Gasteiger partial charge in [0.25, 0.3) is 0 Å². The predicted molar refractivity (Wildman–Crippen MR) is 104 cm³/mol. The molecule has 0 heterocycles. The zero-order chi connectivity index (χ0) is 18.5. The zero-order valence-electron chi connectivity index (χ0n) is 16.1. The maximum absolute atomic E-state index is 11.6. The molecule has 0 aromatic carbocycles. The summed E-state index contributed by atoms with van der Waals surface area (Å²) in [6, 6.07) is 0. The van der Waals surface area contributed by atoms with Gasteiger partial charge in [0, 0.05) is 24.2 Å². The third-order valence-corrected chi connectivity index (χ3v) is 10.3. The maximum Gasteiger partial charge on any atom is 0.302 e. The number of ether oxygens (including phenoxy) is 1. The van der Waals surface area contributed by atoms with Crippen LogP contribution in [-0.2, 0) is 9.53 Å². The molecule has 5 aliphatic carbocycles. The van der Waals surface area contributed by atoms with Crippen molar-refractivity contribution in [2.24, 2.45) is 40.4 Å². The van der Waals surface area contributed by atoms with Crippen LogP contribution in [0.25, 0.3) is 0 Å². The molecule has 0 N–H and O–H groups in total. The summed E-state index contributed by atoms with van der Waals surface area (Å²) in [6.45, 7) is 6.43. The molecule has 0 aromatic rings. The maximum atomic E-state index is 11.6. The molecular formula is C22H30Cl2O2. The van der Waals surface area contributed by atoms with E-state index >= 15 is 0 Å². The molecule has 0 aliphatic heterocycles. The van der Waals surface area contributed by atoms with Crippen LogP contribution in [0, 0.1) is 40.4 Å². The highest BCUT2D eigenvalue weighted by atomic mass is 35.5. The topological polar surface area (TPSA) is 26.3 Å². The van der Waals surface area contributed by atoms with E-state index in [0.29, 0.717) is 17.8 Å². The van der Waals surface area contributed by atoms with E-state index in [4.69, 9.17) is 27.9 Å². The Bertz CT molecular complexity index is 686. The van der Waals surface area contributed by atoms with Gasteiger partial charge >= 0.3 is 5.97 Å². The third-order valence-electron chi connectivity index (χ3n) is 9.26. The van der Waals surface area contributed by atoms with Crippen LogP contribution in [0.2, 0.25) is 0 Å². The molecule has 8 atom stereocenters. The Morgan fingerprint density at radius 3 is 2.54 bits per heavy atom. The van der Waals surface area contributed by atoms with Crippen LogP contribution in [0.1, 0.15) is 65.7 Å². The molecule has 0 amide bonds. The Kier molecular flexibility index (Phi) is 3.74. The average Bonchev–Trinajstić information content (AvgIpc) is 2.96. The van der Waals surface area contributed by atoms with Crippen molar-refractivity contribution < 1.29 is 9.53 Å². The molecular weight excluding hydrogens is 367 g/mol. The summed E-state index contributed by atoms with van der Waals surface area (Å²) in [6.07, 6.45) is 10.9. The minimum atomic E-state index is -0.507. The summed E-state index contributed by atoms with van der Waals surface area (Å²) in [5.41, 5.74) is 2.02. The Morgan fingerprint density at radius 1 is 1.08 bits per heavy atom. The molecule has 0 radical (unpaired) electrons. The van der Waals surface area contributed by atoms with Crippen LogP contribution in [0.15, 0.2) is 11.6 Å². The molecule has 0 saturated heterocycles. The molecule has 0 spiro atoms. The Balaban J connectivity index is 1.46. The van der Waals surface area contributed by atoms with Crippen LogP contribution in [0.5, 0.6) is 0 Å². The van der Waals surface area contributed by atoms with Gasteiger partial charge in [-0.15, -0.1) is 23.2 Å². The lowest BCUT2D eigenvalue weighted by Crippen LogP contribution is -2.51. The number of halogens is 2. The lowest BCUT2D eigenvalue weighted by molar-refractivity contribution is -0.156. The molecule has 5 aliphatic rings. The fourth-order valence-electron chi connectivity index (χ4n) is 7.90. The first-order chi connectivity index (χ1) is 12.2. The van der Waals surface area contributed by atoms with Gasteiger partial charge in [-0.2, -0.15) is 0 Å². The van der Waals surface area contributed by atoms with Crippen LogP contribution < -0.4 is 0 Å². The van der Waals surface area contributed by atoms with E-state index in [1.54, 1.807) is 12.5 Å². The summed E-state index contributed by atoms with van der Waals surface area (Å²) in [7, 11) is 0. The molecule has 2 nitrogen and oxygen atoms in total. The number of carbonyl (C=O) groups is 1. The first-order valence-electron chi connectivity index (χ1n) is 10.4. The van der Waals surface area contributed by atoms with Crippen LogP contribution in [-0.4, -0.2) is 16.4 Å². The standard InChI is InChI=1S/C22H30Cl2O2/c1-12(25)26-18-7-6-14-13-4-5-16-19-17(22(19,23)24)9-10-20(16,2)15(13)8-11-21(14,18)3/h5,13-15,17-19H,4,6-11H2,1-3H3/t13-,14-,15-,17-,18+,19+,20+,21-/m0/s1. The number of carbonyl (C=O) groups excluding carboxylic acids is 1. The first-order valence-corrected chi connectivity index (χ1v) is 11.2. The minimum Gasteiger partial charge on any atom is -0.462 e. The lowest BCUT2D eigenvalue weighted by Gasteiger charge is -2.57. The largest absolute Gasteiger partial charge is 0.462 e. The van der Waals surface area contributed by atoms with Crippen molar-refractivity contribution in [2.75, 3.05) is 0 Å². The normalized spacial score (nSPS) is 53.5. The second kappa shape index (κ2) is 5.44. The van der Waals surface area contributed by atoms with Crippen molar-refractivity contribution in [3.63, 3.8) is 0 Å². The second-order valence-electron chi connectivity index (χ2n) is 10.2. The molecule has 26 heavy (non-hydrogen) atoms. The van der Waals surface area contributed by atoms with Gasteiger partial charge in [-0.05, 0) is 68.1 Å². The molecule has 0 bridgehead atoms. The summed E-state index contributed by atoms with van der Waals surface area (Å²) < 4.78 is 5.25. The van der Waals surface area contributed by atoms with Gasteiger partial charge < -0.3 is 4.74 Å². The summed E-state index contributed by atoms with van der Waals surface area (Å²) in [4.78, 5) is 11.6. The van der Waals surface area contributed by atoms with Crippen molar-refractivity contribution in [2.45, 2.75) is 76.2 Å². The van der Waals surface area contributed by atoms with Gasteiger partial charge in [-0.3, -0.25) is 4.79 Å². The molecule has 4 saturated carbocycles. The number of rotatable bonds is 1. The zero-order valence-corrected chi connectivity index (χ0v) is 17.6. The smallest absolute Gasteiger partial charge is 0.302 e. The molecule has 4 fully saturated rings. The summed E-state index contributed by atoms with van der Waals surface area (Å²) in [5.74, 6) is 2.89. The van der Waals surface area contributed by atoms with E-state index in [-0.39, 0.29) is 22.9 Å². The fourth-order valence-corrected chi connectivity index (χ4v) is 8.79. The fraction of sp³-hybridized carbons (Fsp3) is 0.864. The van der Waals surface area contributed by atoms with E-state index in [9.17, 15) is 4.79 Å². The third kappa shape index (κ3) is 2.15. The number of alkyl halides is 2. The van der Waals surface area contributed by atoms with Gasteiger partial charge in [-0.1, -0.05) is 25.5 Å². The summed E-state index contributed by atoms with van der Waals surface area (Å²) in [5, 5.41) is 0. The van der Waals surface area contributed by atoms with Crippen molar-refractivity contribution in [1.82, 2.24) is 0 Å². The molecule has 4 heteroatoms. The molecule has 5 rings (SSSR count). The van der Waals surface area contributed by atoms with Gasteiger partial charge in [0.15, 0.2) is 0 Å². The second-order valence-corrected chi connectivity index (χ2v) is 11.7. The Hall–Kier alpha value is -0.210. The van der Waals surface area contributed by atoms with Gasteiger partial charge in [0.05, 0.1) is 0 Å². The number of fused-ring (bicyclic) bond motifs is 7.